The lowest BCUT2D eigenvalue weighted by Gasteiger charge is -1.86. The number of rotatable bonds is 1. The molecule has 1 heterocycles. The average Bonchev–Trinajstić information content (AvgIpc) is 2.07. The fraction of sp³-hybridized carbons (Fsp3) is 0.143. The molecule has 5 nitrogen and oxygen atoms in total. The number of hydrogen-bond donors (Lipinski definition) is 0. The third kappa shape index (κ3) is 1.51. The molecule has 12 heavy (non-hydrogen) atoms. The van der Waals surface area contributed by atoms with Gasteiger partial charge in [0.1, 0.15) is 5.69 Å². The lowest BCUT2D eigenvalue weighted by Crippen LogP contribution is -2.40. The normalized spacial score (nSPS) is 8.33. The summed E-state index contributed by atoms with van der Waals surface area (Å²) in [7, 11) is 0. The van der Waals surface area contributed by atoms with Gasteiger partial charge in [-0.15, -0.1) is 0 Å². The number of hydrogen-bond acceptors (Lipinski definition) is 3. The van der Waals surface area contributed by atoms with Crippen molar-refractivity contribution in [3.05, 3.63) is 23.4 Å². The van der Waals surface area contributed by atoms with Gasteiger partial charge in [-0.05, 0) is 13.0 Å². The number of nitrogens with zero attached hydrogens (tertiary/aromatic N) is 5. The minimum Gasteiger partial charge on any atom is -0.757 e. The van der Waals surface area contributed by atoms with Gasteiger partial charge in [0.25, 0.3) is 0 Å². The minimum atomic E-state index is -0.140. The van der Waals surface area contributed by atoms with Gasteiger partial charge < -0.3 is 5.41 Å². The second kappa shape index (κ2) is 3.37. The molecule has 0 N–H and O–H groups in total. The van der Waals surface area contributed by atoms with E-state index >= 15 is 0 Å². The van der Waals surface area contributed by atoms with Crippen molar-refractivity contribution < 1.29 is 4.80 Å². The van der Waals surface area contributed by atoms with Crippen molar-refractivity contribution in [2.45, 2.75) is 6.92 Å². The van der Waals surface area contributed by atoms with E-state index in [-0.39, 0.29) is 5.70 Å². The Morgan fingerprint density at radius 1 is 1.75 bits per heavy atom. The van der Waals surface area contributed by atoms with Crippen molar-refractivity contribution in [1.29, 1.82) is 5.26 Å². The Labute approximate surface area is 69.1 Å². The van der Waals surface area contributed by atoms with Gasteiger partial charge in [0.2, 0.25) is 0 Å². The van der Waals surface area contributed by atoms with Gasteiger partial charge in [-0.3, -0.25) is 0 Å². The van der Waals surface area contributed by atoms with Gasteiger partial charge in [0.05, 0.1) is 11.0 Å². The molecule has 0 saturated carbocycles. The SMILES string of the molecule is Cc1ccn[n+](C(=C=[N-])C#N)n1. The molecule has 0 amide bonds. The van der Waals surface area contributed by atoms with Crippen molar-refractivity contribution in [3.8, 4) is 6.07 Å². The third-order valence-electron chi connectivity index (χ3n) is 1.16. The third-order valence-corrected chi connectivity index (χ3v) is 1.16. The second-order valence-corrected chi connectivity index (χ2v) is 2.03. The van der Waals surface area contributed by atoms with Crippen LogP contribution in [-0.2, 0) is 0 Å². The monoisotopic (exact) mass is 159 g/mol. The number of allylic oxidation sites excluding steroid dienone is 1. The Kier molecular flexibility index (Phi) is 2.26. The number of aromatic nitrogens is 3. The fourth-order valence-corrected chi connectivity index (χ4v) is 0.635. The zero-order valence-electron chi connectivity index (χ0n) is 6.39. The van der Waals surface area contributed by atoms with E-state index in [1.165, 1.54) is 6.20 Å². The topological polar surface area (TPSA) is 75.8 Å². The Bertz CT molecular complexity index is 383. The first kappa shape index (κ1) is 8.05. The van der Waals surface area contributed by atoms with E-state index in [9.17, 15) is 0 Å². The van der Waals surface area contributed by atoms with Crippen LogP contribution in [0, 0.1) is 18.3 Å². The zero-order valence-corrected chi connectivity index (χ0v) is 6.39. The van der Waals surface area contributed by atoms with Gasteiger partial charge in [-0.2, -0.15) is 11.1 Å². The lowest BCUT2D eigenvalue weighted by atomic mass is 10.5. The van der Waals surface area contributed by atoms with Crippen LogP contribution >= 0.6 is 0 Å². The molecule has 1 aromatic heterocycles. The lowest BCUT2D eigenvalue weighted by molar-refractivity contribution is -0.702. The van der Waals surface area contributed by atoms with Crippen molar-refractivity contribution >= 4 is 11.6 Å². The first-order valence-corrected chi connectivity index (χ1v) is 3.17. The molecule has 1 aromatic rings. The highest BCUT2D eigenvalue weighted by molar-refractivity contribution is 5.83. The summed E-state index contributed by atoms with van der Waals surface area (Å²) in [6.07, 6.45) is 1.48. The largest absolute Gasteiger partial charge is 0.757 e. The zero-order chi connectivity index (χ0) is 8.97. The summed E-state index contributed by atoms with van der Waals surface area (Å²) in [4.78, 5) is 1.01. The Balaban J connectivity index is 3.22. The van der Waals surface area contributed by atoms with E-state index in [1.54, 1.807) is 24.9 Å². The predicted octanol–water partition coefficient (Wildman–Crippen LogP) is -0.324. The summed E-state index contributed by atoms with van der Waals surface area (Å²) in [5, 5.41) is 24.5. The van der Waals surface area contributed by atoms with Crippen LogP contribution in [0.25, 0.3) is 11.1 Å². The van der Waals surface area contributed by atoms with Crippen LogP contribution in [-0.4, -0.2) is 16.1 Å². The summed E-state index contributed by atoms with van der Waals surface area (Å²) in [5.74, 6) is 1.69. The molecule has 0 atom stereocenters. The van der Waals surface area contributed by atoms with Crippen LogP contribution < -0.4 is 4.80 Å². The van der Waals surface area contributed by atoms with Gasteiger partial charge in [0.15, 0.2) is 6.07 Å². The molecule has 0 aromatic carbocycles. The maximum atomic E-state index is 8.46. The summed E-state index contributed by atoms with van der Waals surface area (Å²) in [6.45, 7) is 1.75. The first-order valence-electron chi connectivity index (χ1n) is 3.17. The molecule has 5 heteroatoms. The molecule has 0 saturated heterocycles. The quantitative estimate of drug-likeness (QED) is 0.320. The molecule has 0 unspecified atom stereocenters. The summed E-state index contributed by atoms with van der Waals surface area (Å²) < 4.78 is 0. The number of aryl methyl sites for hydroxylation is 1. The van der Waals surface area contributed by atoms with E-state index in [4.69, 9.17) is 10.7 Å². The standard InChI is InChI=1S/C7H5N5/c1-6-2-3-10-12(11-6)7(4-8)5-9/h2-3H,1H3. The van der Waals surface area contributed by atoms with Gasteiger partial charge >= 0.3 is 5.70 Å². The van der Waals surface area contributed by atoms with Crippen LogP contribution in [0.2, 0.25) is 0 Å². The summed E-state index contributed by atoms with van der Waals surface area (Å²) >= 11 is 0. The fourth-order valence-electron chi connectivity index (χ4n) is 0.635. The molecule has 0 aliphatic rings. The van der Waals surface area contributed by atoms with Crippen molar-refractivity contribution in [2.24, 2.45) is 0 Å². The summed E-state index contributed by atoms with van der Waals surface area (Å²) in [6, 6.07) is 3.37. The molecule has 0 fully saturated rings. The van der Waals surface area contributed by atoms with E-state index < -0.39 is 0 Å². The molecule has 0 aliphatic carbocycles. The van der Waals surface area contributed by atoms with E-state index in [0.717, 1.165) is 4.80 Å². The van der Waals surface area contributed by atoms with Crippen LogP contribution in [0.15, 0.2) is 12.3 Å². The Morgan fingerprint density at radius 3 is 3.00 bits per heavy atom. The predicted molar refractivity (Wildman–Crippen MR) is 40.6 cm³/mol. The van der Waals surface area contributed by atoms with E-state index in [1.807, 2.05) is 0 Å². The smallest absolute Gasteiger partial charge is 0.364 e. The molecule has 0 bridgehead atoms. The Hall–Kier alpha value is -2.05. The molecule has 58 valence electrons. The van der Waals surface area contributed by atoms with Crippen molar-refractivity contribution in [2.75, 3.05) is 0 Å². The highest BCUT2D eigenvalue weighted by Gasteiger charge is 2.10. The van der Waals surface area contributed by atoms with Crippen molar-refractivity contribution in [1.82, 2.24) is 10.2 Å². The number of nitriles is 1. The molecule has 0 radical (unpaired) electrons. The maximum absolute atomic E-state index is 8.46. The van der Waals surface area contributed by atoms with Crippen LogP contribution in [0.3, 0.4) is 0 Å². The first-order chi connectivity index (χ1) is 5.77. The van der Waals surface area contributed by atoms with Crippen LogP contribution in [0.4, 0.5) is 0 Å². The second-order valence-electron chi connectivity index (χ2n) is 2.03. The molecule has 1 rings (SSSR count). The van der Waals surface area contributed by atoms with Gasteiger partial charge in [0, 0.05) is 10.2 Å². The van der Waals surface area contributed by atoms with Crippen LogP contribution in [0.5, 0.6) is 0 Å². The van der Waals surface area contributed by atoms with Crippen LogP contribution in [0.1, 0.15) is 5.69 Å². The maximum Gasteiger partial charge on any atom is 0.364 e. The van der Waals surface area contributed by atoms with Crippen molar-refractivity contribution in [3.63, 3.8) is 0 Å². The highest BCUT2D eigenvalue weighted by atomic mass is 15.4. The highest BCUT2D eigenvalue weighted by Crippen LogP contribution is 1.84. The minimum absolute atomic E-state index is 0.140. The molecule has 0 spiro atoms. The van der Waals surface area contributed by atoms with Gasteiger partial charge in [-0.25, -0.2) is 0 Å². The molecule has 0 aliphatic heterocycles. The summed E-state index contributed by atoms with van der Waals surface area (Å²) in [5.41, 5.74) is 0.562. The van der Waals surface area contributed by atoms with E-state index in [2.05, 4.69) is 10.2 Å². The molecular weight excluding hydrogens is 154 g/mol. The Morgan fingerprint density at radius 2 is 2.50 bits per heavy atom. The van der Waals surface area contributed by atoms with E-state index in [0.29, 0.717) is 5.69 Å². The van der Waals surface area contributed by atoms with Gasteiger partial charge in [-0.1, -0.05) is 0 Å². The average molecular weight is 159 g/mol. The molecular formula is C7H5N5.